The van der Waals surface area contributed by atoms with Gasteiger partial charge in [0.2, 0.25) is 0 Å². The number of anilines is 1. The lowest BCUT2D eigenvalue weighted by Crippen LogP contribution is -1.96. The molecule has 0 unspecified atom stereocenters. The Labute approximate surface area is 74.8 Å². The Kier molecular flexibility index (Phi) is 2.47. The molecule has 1 aromatic rings. The van der Waals surface area contributed by atoms with Crippen LogP contribution < -0.4 is 5.73 Å². The lowest BCUT2D eigenvalue weighted by atomic mass is 10.1. The molecular formula is C9H6FN3. The molecule has 0 radical (unpaired) electrons. The summed E-state index contributed by atoms with van der Waals surface area (Å²) in [6.07, 6.45) is -0.0399. The van der Waals surface area contributed by atoms with Crippen LogP contribution in [0.25, 0.3) is 0 Å². The van der Waals surface area contributed by atoms with Gasteiger partial charge in [0.25, 0.3) is 0 Å². The average molecular weight is 175 g/mol. The lowest BCUT2D eigenvalue weighted by molar-refractivity contribution is 0.615. The maximum Gasteiger partial charge on any atom is 0.128 e. The van der Waals surface area contributed by atoms with Gasteiger partial charge in [0, 0.05) is 11.3 Å². The molecule has 3 nitrogen and oxygen atoms in total. The van der Waals surface area contributed by atoms with Crippen molar-refractivity contribution in [3.05, 3.63) is 29.1 Å². The monoisotopic (exact) mass is 175 g/mol. The fourth-order valence-corrected chi connectivity index (χ4v) is 0.955. The molecule has 0 aliphatic rings. The van der Waals surface area contributed by atoms with Gasteiger partial charge in [0.1, 0.15) is 11.9 Å². The summed E-state index contributed by atoms with van der Waals surface area (Å²) in [5.74, 6) is -0.563. The molecule has 0 aliphatic carbocycles. The molecule has 0 heterocycles. The van der Waals surface area contributed by atoms with Gasteiger partial charge in [-0.1, -0.05) is 0 Å². The van der Waals surface area contributed by atoms with E-state index in [2.05, 4.69) is 0 Å². The van der Waals surface area contributed by atoms with Crippen molar-refractivity contribution in [1.82, 2.24) is 0 Å². The molecule has 0 saturated carbocycles. The third-order valence-corrected chi connectivity index (χ3v) is 1.61. The number of nitrogens with zero attached hydrogens (tertiary/aromatic N) is 2. The molecule has 0 saturated heterocycles. The normalized spacial score (nSPS) is 8.85. The Morgan fingerprint density at radius 2 is 2.08 bits per heavy atom. The average Bonchev–Trinajstić information content (AvgIpc) is 2.11. The van der Waals surface area contributed by atoms with Gasteiger partial charge in [-0.2, -0.15) is 10.5 Å². The fraction of sp³-hybridized carbons (Fsp3) is 0.111. The van der Waals surface area contributed by atoms with E-state index in [-0.39, 0.29) is 23.2 Å². The molecule has 1 rings (SSSR count). The lowest BCUT2D eigenvalue weighted by Gasteiger charge is -2.01. The van der Waals surface area contributed by atoms with Gasteiger partial charge in [-0.25, -0.2) is 4.39 Å². The first-order valence-corrected chi connectivity index (χ1v) is 3.54. The number of nitrogen functional groups attached to an aromatic ring is 1. The highest BCUT2D eigenvalue weighted by atomic mass is 19.1. The summed E-state index contributed by atoms with van der Waals surface area (Å²) in [7, 11) is 0. The second-order valence-corrected chi connectivity index (χ2v) is 2.48. The summed E-state index contributed by atoms with van der Waals surface area (Å²) in [6.45, 7) is 0. The Morgan fingerprint density at radius 1 is 1.38 bits per heavy atom. The van der Waals surface area contributed by atoms with E-state index in [0.29, 0.717) is 0 Å². The maximum atomic E-state index is 13.0. The zero-order valence-electron chi connectivity index (χ0n) is 6.71. The molecule has 4 heteroatoms. The molecule has 0 amide bonds. The van der Waals surface area contributed by atoms with Crippen LogP contribution in [0, 0.1) is 28.5 Å². The zero-order valence-corrected chi connectivity index (χ0v) is 6.71. The molecule has 0 fully saturated rings. The van der Waals surface area contributed by atoms with Crippen LogP contribution in [0.15, 0.2) is 12.1 Å². The van der Waals surface area contributed by atoms with Crippen molar-refractivity contribution in [1.29, 1.82) is 10.5 Å². The van der Waals surface area contributed by atoms with Crippen molar-refractivity contribution in [2.24, 2.45) is 0 Å². The summed E-state index contributed by atoms with van der Waals surface area (Å²) < 4.78 is 13.0. The number of nitriles is 2. The second-order valence-electron chi connectivity index (χ2n) is 2.48. The van der Waals surface area contributed by atoms with E-state index in [9.17, 15) is 4.39 Å². The van der Waals surface area contributed by atoms with Gasteiger partial charge < -0.3 is 5.73 Å². The maximum absolute atomic E-state index is 13.0. The Morgan fingerprint density at radius 3 is 2.62 bits per heavy atom. The highest BCUT2D eigenvalue weighted by Crippen LogP contribution is 2.17. The molecule has 64 valence electrons. The van der Waals surface area contributed by atoms with Crippen molar-refractivity contribution in [3.8, 4) is 12.1 Å². The molecule has 0 atom stereocenters. The van der Waals surface area contributed by atoms with Crippen LogP contribution in [0.2, 0.25) is 0 Å². The number of nitrogens with two attached hydrogens (primary N) is 1. The molecule has 0 spiro atoms. The minimum absolute atomic E-state index is 0.0399. The van der Waals surface area contributed by atoms with Crippen molar-refractivity contribution in [3.63, 3.8) is 0 Å². The molecule has 0 aromatic heterocycles. The number of benzene rings is 1. The van der Waals surface area contributed by atoms with Crippen LogP contribution in [0.5, 0.6) is 0 Å². The summed E-state index contributed by atoms with van der Waals surface area (Å²) >= 11 is 0. The third kappa shape index (κ3) is 1.74. The molecule has 13 heavy (non-hydrogen) atoms. The summed E-state index contributed by atoms with van der Waals surface area (Å²) in [4.78, 5) is 0. The van der Waals surface area contributed by atoms with E-state index in [4.69, 9.17) is 16.3 Å². The van der Waals surface area contributed by atoms with Crippen LogP contribution in [0.1, 0.15) is 11.1 Å². The van der Waals surface area contributed by atoms with Crippen molar-refractivity contribution in [2.45, 2.75) is 6.42 Å². The summed E-state index contributed by atoms with van der Waals surface area (Å²) in [5, 5.41) is 16.8. The number of rotatable bonds is 1. The number of hydrogen-bond acceptors (Lipinski definition) is 3. The van der Waals surface area contributed by atoms with Gasteiger partial charge >= 0.3 is 0 Å². The highest BCUT2D eigenvalue weighted by molar-refractivity contribution is 5.56. The second kappa shape index (κ2) is 3.55. The van der Waals surface area contributed by atoms with Gasteiger partial charge in [0.15, 0.2) is 0 Å². The van der Waals surface area contributed by atoms with Crippen molar-refractivity contribution in [2.75, 3.05) is 5.73 Å². The van der Waals surface area contributed by atoms with Crippen LogP contribution in [0.4, 0.5) is 10.1 Å². The van der Waals surface area contributed by atoms with E-state index < -0.39 is 5.82 Å². The largest absolute Gasteiger partial charge is 0.398 e. The smallest absolute Gasteiger partial charge is 0.128 e. The van der Waals surface area contributed by atoms with Crippen molar-refractivity contribution < 1.29 is 4.39 Å². The molecular weight excluding hydrogens is 169 g/mol. The molecule has 0 aliphatic heterocycles. The summed E-state index contributed by atoms with van der Waals surface area (Å²) in [5.41, 5.74) is 5.95. The predicted molar refractivity (Wildman–Crippen MR) is 44.8 cm³/mol. The molecule has 0 bridgehead atoms. The first kappa shape index (κ1) is 9.02. The zero-order chi connectivity index (χ0) is 9.84. The van der Waals surface area contributed by atoms with Crippen LogP contribution in [-0.2, 0) is 6.42 Å². The van der Waals surface area contributed by atoms with Crippen molar-refractivity contribution >= 4 is 5.69 Å². The van der Waals surface area contributed by atoms with Gasteiger partial charge in [-0.15, -0.1) is 0 Å². The van der Waals surface area contributed by atoms with Crippen LogP contribution in [-0.4, -0.2) is 0 Å². The van der Waals surface area contributed by atoms with Gasteiger partial charge in [-0.05, 0) is 12.1 Å². The fourth-order valence-electron chi connectivity index (χ4n) is 0.955. The SMILES string of the molecule is N#CCc1cc(N)c(C#N)cc1F. The number of hydrogen-bond donors (Lipinski definition) is 1. The minimum Gasteiger partial charge on any atom is -0.398 e. The topological polar surface area (TPSA) is 73.6 Å². The van der Waals surface area contributed by atoms with E-state index in [1.54, 1.807) is 6.07 Å². The standard InChI is InChI=1S/C9H6FN3/c10-8-3-7(5-12)9(13)4-6(8)1-2-11/h3-4H,1,13H2. The van der Waals surface area contributed by atoms with Crippen LogP contribution >= 0.6 is 0 Å². The Bertz CT molecular complexity index is 412. The number of halogens is 1. The van der Waals surface area contributed by atoms with Gasteiger partial charge in [-0.3, -0.25) is 0 Å². The van der Waals surface area contributed by atoms with E-state index in [0.717, 1.165) is 6.07 Å². The highest BCUT2D eigenvalue weighted by Gasteiger charge is 2.06. The first-order valence-electron chi connectivity index (χ1n) is 3.54. The molecule has 1 aromatic carbocycles. The first-order chi connectivity index (χ1) is 6.19. The van der Waals surface area contributed by atoms with Gasteiger partial charge in [0.05, 0.1) is 18.1 Å². The quantitative estimate of drug-likeness (QED) is 0.654. The van der Waals surface area contributed by atoms with E-state index >= 15 is 0 Å². The van der Waals surface area contributed by atoms with E-state index in [1.807, 2.05) is 6.07 Å². The Balaban J connectivity index is 3.24. The third-order valence-electron chi connectivity index (χ3n) is 1.61. The minimum atomic E-state index is -0.563. The molecule has 2 N–H and O–H groups in total. The van der Waals surface area contributed by atoms with Crippen LogP contribution in [0.3, 0.4) is 0 Å². The predicted octanol–water partition coefficient (Wildman–Crippen LogP) is 1.35. The summed E-state index contributed by atoms with van der Waals surface area (Å²) in [6, 6.07) is 5.93. The Hall–Kier alpha value is -2.07. The van der Waals surface area contributed by atoms with E-state index in [1.165, 1.54) is 6.07 Å².